The molecule has 0 saturated carbocycles. The Kier molecular flexibility index (Phi) is 7.53. The standard InChI is InChI=1S/C23H17Br2N5O4S/c1-12-4-6-13(7-5-12)30-22(33)15(21(32)28-23(30)35)10-27-29-18(31)11-34-20-17(25)9-16(24)14-3-2-8-26-19(14)20/h2-10,15H,11H2,1H3,(H,29,31)(H,28,32,35)/b27-10-/t15-/m0/s1. The van der Waals surface area contributed by atoms with Gasteiger partial charge in [0.2, 0.25) is 5.91 Å². The second-order valence-corrected chi connectivity index (χ2v) is 9.55. The Morgan fingerprint density at radius 2 is 2.00 bits per heavy atom. The summed E-state index contributed by atoms with van der Waals surface area (Å²) in [7, 11) is 0. The number of pyridine rings is 1. The molecule has 2 heterocycles. The van der Waals surface area contributed by atoms with Crippen LogP contribution in [0.4, 0.5) is 5.69 Å². The molecule has 0 aliphatic carbocycles. The van der Waals surface area contributed by atoms with Crippen LogP contribution >= 0.6 is 44.1 Å². The molecule has 1 saturated heterocycles. The van der Waals surface area contributed by atoms with E-state index >= 15 is 0 Å². The number of amides is 3. The fourth-order valence-corrected chi connectivity index (χ4v) is 4.98. The van der Waals surface area contributed by atoms with Crippen LogP contribution in [-0.2, 0) is 14.4 Å². The summed E-state index contributed by atoms with van der Waals surface area (Å²) < 4.78 is 7.10. The molecule has 2 N–H and O–H groups in total. The first-order valence-electron chi connectivity index (χ1n) is 10.2. The molecule has 0 bridgehead atoms. The first-order chi connectivity index (χ1) is 16.8. The van der Waals surface area contributed by atoms with Crippen molar-refractivity contribution in [3.05, 3.63) is 63.2 Å². The van der Waals surface area contributed by atoms with Gasteiger partial charge >= 0.3 is 0 Å². The number of anilines is 1. The maximum Gasteiger partial charge on any atom is 0.277 e. The Morgan fingerprint density at radius 3 is 2.74 bits per heavy atom. The number of aryl methyl sites for hydroxylation is 1. The predicted octanol–water partition coefficient (Wildman–Crippen LogP) is 3.61. The number of hydrazone groups is 1. The Morgan fingerprint density at radius 1 is 1.26 bits per heavy atom. The molecule has 2 aromatic carbocycles. The number of nitrogens with zero attached hydrogens (tertiary/aromatic N) is 3. The molecule has 0 radical (unpaired) electrons. The number of benzene rings is 2. The Balaban J connectivity index is 1.41. The zero-order valence-corrected chi connectivity index (χ0v) is 22.1. The van der Waals surface area contributed by atoms with Gasteiger partial charge in [0.1, 0.15) is 5.52 Å². The van der Waals surface area contributed by atoms with Crippen LogP contribution in [0.2, 0.25) is 0 Å². The van der Waals surface area contributed by atoms with Crippen LogP contribution in [0.5, 0.6) is 5.75 Å². The quantitative estimate of drug-likeness (QED) is 0.189. The third-order valence-electron chi connectivity index (χ3n) is 5.01. The maximum atomic E-state index is 12.9. The van der Waals surface area contributed by atoms with Crippen molar-refractivity contribution in [1.29, 1.82) is 0 Å². The van der Waals surface area contributed by atoms with Crippen LogP contribution in [0, 0.1) is 12.8 Å². The summed E-state index contributed by atoms with van der Waals surface area (Å²) in [6.45, 7) is 1.55. The fraction of sp³-hybridized carbons (Fsp3) is 0.130. The van der Waals surface area contributed by atoms with Gasteiger partial charge in [0, 0.05) is 22.3 Å². The molecule has 3 aromatic rings. The van der Waals surface area contributed by atoms with Crippen molar-refractivity contribution in [3.8, 4) is 5.75 Å². The highest BCUT2D eigenvalue weighted by atomic mass is 79.9. The van der Waals surface area contributed by atoms with E-state index in [1.54, 1.807) is 30.5 Å². The zero-order valence-electron chi connectivity index (χ0n) is 18.1. The van der Waals surface area contributed by atoms with Crippen LogP contribution in [-0.4, -0.2) is 40.6 Å². The van der Waals surface area contributed by atoms with Gasteiger partial charge in [-0.05, 0) is 59.3 Å². The Bertz CT molecular complexity index is 1380. The number of carbonyl (C=O) groups excluding carboxylic acids is 3. The summed E-state index contributed by atoms with van der Waals surface area (Å²) in [4.78, 5) is 43.1. The molecule has 1 atom stereocenters. The van der Waals surface area contributed by atoms with Crippen molar-refractivity contribution >= 4 is 89.7 Å². The second kappa shape index (κ2) is 10.6. The number of thiocarbonyl (C=S) groups is 1. The summed E-state index contributed by atoms with van der Waals surface area (Å²) in [6, 6.07) is 12.6. The van der Waals surface area contributed by atoms with Crippen LogP contribution in [0.25, 0.3) is 10.9 Å². The largest absolute Gasteiger partial charge is 0.480 e. The highest BCUT2D eigenvalue weighted by Gasteiger charge is 2.38. The summed E-state index contributed by atoms with van der Waals surface area (Å²) in [5.74, 6) is -2.66. The van der Waals surface area contributed by atoms with Gasteiger partial charge in [-0.1, -0.05) is 39.7 Å². The summed E-state index contributed by atoms with van der Waals surface area (Å²) in [5, 5.41) is 7.07. The van der Waals surface area contributed by atoms with Crippen LogP contribution in [0.1, 0.15) is 5.56 Å². The molecule has 1 aromatic heterocycles. The second-order valence-electron chi connectivity index (χ2n) is 7.45. The number of hydrogen-bond donors (Lipinski definition) is 2. The highest BCUT2D eigenvalue weighted by Crippen LogP contribution is 2.37. The van der Waals surface area contributed by atoms with E-state index in [9.17, 15) is 14.4 Å². The first-order valence-corrected chi connectivity index (χ1v) is 12.2. The number of fused-ring (bicyclic) bond motifs is 1. The first kappa shape index (κ1) is 24.9. The van der Waals surface area contributed by atoms with Crippen molar-refractivity contribution in [1.82, 2.24) is 15.7 Å². The third kappa shape index (κ3) is 5.39. The molecule has 9 nitrogen and oxygen atoms in total. The third-order valence-corrected chi connectivity index (χ3v) is 6.53. The topological polar surface area (TPSA) is 113 Å². The van der Waals surface area contributed by atoms with E-state index in [1.165, 1.54) is 4.90 Å². The number of hydrogen-bond acceptors (Lipinski definition) is 7. The van der Waals surface area contributed by atoms with E-state index in [2.05, 4.69) is 52.7 Å². The van der Waals surface area contributed by atoms with Gasteiger partial charge in [-0.25, -0.2) is 5.43 Å². The lowest BCUT2D eigenvalue weighted by molar-refractivity contribution is -0.130. The molecule has 0 unspecified atom stereocenters. The van der Waals surface area contributed by atoms with Gasteiger partial charge in [-0.15, -0.1) is 0 Å². The lowest BCUT2D eigenvalue weighted by atomic mass is 10.1. The Hall–Kier alpha value is -3.22. The van der Waals surface area contributed by atoms with Crippen LogP contribution in [0.15, 0.2) is 62.7 Å². The lowest BCUT2D eigenvalue weighted by Gasteiger charge is -2.30. The summed E-state index contributed by atoms with van der Waals surface area (Å²) in [6.07, 6.45) is 2.68. The molecule has 0 spiro atoms. The maximum absolute atomic E-state index is 12.9. The Labute approximate surface area is 222 Å². The van der Waals surface area contributed by atoms with Crippen molar-refractivity contribution in [2.75, 3.05) is 11.5 Å². The number of ether oxygens (including phenoxy) is 1. The number of halogens is 2. The molecular formula is C23H17Br2N5O4S. The van der Waals surface area contributed by atoms with E-state index < -0.39 is 23.6 Å². The van der Waals surface area contributed by atoms with Crippen molar-refractivity contribution in [2.24, 2.45) is 11.0 Å². The average Bonchev–Trinajstić information content (AvgIpc) is 2.82. The van der Waals surface area contributed by atoms with E-state index in [-0.39, 0.29) is 11.7 Å². The highest BCUT2D eigenvalue weighted by molar-refractivity contribution is 9.11. The van der Waals surface area contributed by atoms with Gasteiger partial charge in [-0.3, -0.25) is 24.3 Å². The SMILES string of the molecule is Cc1ccc(N2C(=O)[C@@H](/C=N\NC(=O)COc3c(Br)cc(Br)c4cccnc34)C(=O)NC2=S)cc1. The molecule has 178 valence electrons. The number of aromatic nitrogens is 1. The lowest BCUT2D eigenvalue weighted by Crippen LogP contribution is -2.58. The molecular weight excluding hydrogens is 602 g/mol. The minimum absolute atomic E-state index is 0.0214. The van der Waals surface area contributed by atoms with Crippen molar-refractivity contribution < 1.29 is 19.1 Å². The summed E-state index contributed by atoms with van der Waals surface area (Å²) in [5.41, 5.74) is 4.37. The normalized spacial score (nSPS) is 16.0. The molecule has 3 amide bonds. The van der Waals surface area contributed by atoms with Crippen LogP contribution < -0.4 is 20.4 Å². The zero-order chi connectivity index (χ0) is 25.1. The fourth-order valence-electron chi connectivity index (χ4n) is 3.30. The smallest absolute Gasteiger partial charge is 0.277 e. The molecule has 12 heteroatoms. The molecule has 1 aliphatic heterocycles. The number of rotatable bonds is 6. The van der Waals surface area contributed by atoms with E-state index in [0.717, 1.165) is 21.6 Å². The number of carbonyl (C=O) groups is 3. The van der Waals surface area contributed by atoms with Gasteiger partial charge < -0.3 is 10.1 Å². The average molecular weight is 619 g/mol. The molecule has 35 heavy (non-hydrogen) atoms. The van der Waals surface area contributed by atoms with E-state index in [0.29, 0.717) is 21.4 Å². The van der Waals surface area contributed by atoms with Gasteiger partial charge in [0.15, 0.2) is 23.4 Å². The predicted molar refractivity (Wildman–Crippen MR) is 142 cm³/mol. The van der Waals surface area contributed by atoms with E-state index in [4.69, 9.17) is 17.0 Å². The van der Waals surface area contributed by atoms with Gasteiger partial charge in [-0.2, -0.15) is 5.10 Å². The van der Waals surface area contributed by atoms with Gasteiger partial charge in [0.25, 0.3) is 11.8 Å². The van der Waals surface area contributed by atoms with E-state index in [1.807, 2.05) is 25.1 Å². The monoisotopic (exact) mass is 617 g/mol. The summed E-state index contributed by atoms with van der Waals surface area (Å²) >= 11 is 12.1. The molecule has 4 rings (SSSR count). The minimum Gasteiger partial charge on any atom is -0.480 e. The van der Waals surface area contributed by atoms with Crippen molar-refractivity contribution in [3.63, 3.8) is 0 Å². The molecule has 1 fully saturated rings. The van der Waals surface area contributed by atoms with Crippen molar-refractivity contribution in [2.45, 2.75) is 6.92 Å². The minimum atomic E-state index is -1.27. The molecule has 1 aliphatic rings. The number of nitrogens with one attached hydrogen (secondary N) is 2. The van der Waals surface area contributed by atoms with Gasteiger partial charge in [0.05, 0.1) is 10.2 Å². The van der Waals surface area contributed by atoms with Crippen LogP contribution in [0.3, 0.4) is 0 Å².